The maximum absolute atomic E-state index is 12.9. The number of benzene rings is 3. The number of hydrogen-bond donors (Lipinski definition) is 1. The van der Waals surface area contributed by atoms with Crippen molar-refractivity contribution in [1.82, 2.24) is 15.2 Å². The molecule has 8 nitrogen and oxygen atoms in total. The van der Waals surface area contributed by atoms with Crippen LogP contribution in [0.25, 0.3) is 5.69 Å². The van der Waals surface area contributed by atoms with Gasteiger partial charge in [-0.2, -0.15) is 20.0 Å². The topological polar surface area (TPSA) is 101 Å². The molecular formula is C24H18N6O2. The van der Waals surface area contributed by atoms with Gasteiger partial charge in [-0.15, -0.1) is 5.11 Å². The standard InChI is InChI=1S/C24H18N6O2/c31-22-16-21(27-26-19-12-6-2-7-13-19)23(29-30(22)20-14-8-3-9-15-20)24(32)28-25-17-18-10-4-1-5-11-18/h1-17H,(H,28,32)/b25-17+,27-26?. The van der Waals surface area contributed by atoms with Crippen molar-refractivity contribution >= 4 is 23.5 Å². The molecule has 0 unspecified atom stereocenters. The second-order valence-corrected chi connectivity index (χ2v) is 6.61. The second kappa shape index (κ2) is 9.86. The van der Waals surface area contributed by atoms with E-state index < -0.39 is 11.5 Å². The van der Waals surface area contributed by atoms with Crippen LogP contribution in [0.1, 0.15) is 16.1 Å². The zero-order valence-electron chi connectivity index (χ0n) is 16.9. The van der Waals surface area contributed by atoms with Gasteiger partial charge in [0.05, 0.1) is 17.6 Å². The molecule has 0 bridgehead atoms. The number of rotatable bonds is 6. The highest BCUT2D eigenvalue weighted by atomic mass is 16.2. The van der Waals surface area contributed by atoms with Crippen LogP contribution in [0.4, 0.5) is 11.4 Å². The molecule has 0 aliphatic carbocycles. The quantitative estimate of drug-likeness (QED) is 0.283. The van der Waals surface area contributed by atoms with Crippen LogP contribution in [-0.4, -0.2) is 21.9 Å². The first kappa shape index (κ1) is 20.5. The zero-order valence-corrected chi connectivity index (χ0v) is 16.9. The minimum atomic E-state index is -0.621. The molecule has 0 aliphatic heterocycles. The Labute approximate surface area is 183 Å². The highest BCUT2D eigenvalue weighted by molar-refractivity contribution is 5.97. The van der Waals surface area contributed by atoms with Crippen molar-refractivity contribution in [3.8, 4) is 5.69 Å². The van der Waals surface area contributed by atoms with Gasteiger partial charge in [-0.3, -0.25) is 9.59 Å². The van der Waals surface area contributed by atoms with E-state index in [2.05, 4.69) is 25.9 Å². The molecule has 4 rings (SSSR count). The molecule has 1 aromatic heterocycles. The Morgan fingerprint density at radius 1 is 0.844 bits per heavy atom. The fourth-order valence-corrected chi connectivity index (χ4v) is 2.80. The maximum atomic E-state index is 12.9. The predicted octanol–water partition coefficient (Wildman–Crippen LogP) is 4.41. The number of nitrogens with one attached hydrogen (secondary N) is 1. The number of hydrazone groups is 1. The maximum Gasteiger partial charge on any atom is 0.294 e. The van der Waals surface area contributed by atoms with E-state index in [1.54, 1.807) is 36.4 Å². The molecule has 0 aliphatic rings. The highest BCUT2D eigenvalue weighted by Gasteiger charge is 2.17. The first-order chi connectivity index (χ1) is 15.7. The number of azo groups is 1. The lowest BCUT2D eigenvalue weighted by Gasteiger charge is -2.08. The summed E-state index contributed by atoms with van der Waals surface area (Å²) in [6.45, 7) is 0. The van der Waals surface area contributed by atoms with Crippen molar-refractivity contribution in [3.63, 3.8) is 0 Å². The molecule has 1 N–H and O–H groups in total. The Hall–Kier alpha value is -4.72. The number of hydrogen-bond acceptors (Lipinski definition) is 6. The number of carbonyl (C=O) groups is 1. The summed E-state index contributed by atoms with van der Waals surface area (Å²) in [5.41, 5.74) is 3.86. The van der Waals surface area contributed by atoms with Gasteiger partial charge in [-0.1, -0.05) is 66.7 Å². The minimum Gasteiger partial charge on any atom is -0.267 e. The Balaban J connectivity index is 1.69. The molecule has 156 valence electrons. The van der Waals surface area contributed by atoms with Gasteiger partial charge < -0.3 is 0 Å². The van der Waals surface area contributed by atoms with E-state index in [1.807, 2.05) is 54.6 Å². The lowest BCUT2D eigenvalue weighted by Crippen LogP contribution is -2.27. The van der Waals surface area contributed by atoms with Crippen molar-refractivity contribution in [1.29, 1.82) is 0 Å². The van der Waals surface area contributed by atoms with Gasteiger partial charge >= 0.3 is 0 Å². The van der Waals surface area contributed by atoms with Gasteiger partial charge in [0.15, 0.2) is 5.69 Å². The van der Waals surface area contributed by atoms with E-state index in [1.165, 1.54) is 12.3 Å². The fourth-order valence-electron chi connectivity index (χ4n) is 2.80. The Kier molecular flexibility index (Phi) is 6.33. The SMILES string of the molecule is O=C(N/N=C/c1ccccc1)c1nn(-c2ccccc2)c(=O)cc1N=Nc1ccccc1. The molecule has 4 aromatic rings. The molecule has 3 aromatic carbocycles. The third kappa shape index (κ3) is 5.06. The van der Waals surface area contributed by atoms with Crippen molar-refractivity contribution in [2.75, 3.05) is 0 Å². The lowest BCUT2D eigenvalue weighted by atomic mass is 10.2. The van der Waals surface area contributed by atoms with Crippen molar-refractivity contribution in [3.05, 3.63) is 119 Å². The number of nitrogens with zero attached hydrogens (tertiary/aromatic N) is 5. The number of amides is 1. The van der Waals surface area contributed by atoms with Gasteiger partial charge in [0.1, 0.15) is 5.69 Å². The van der Waals surface area contributed by atoms with E-state index in [9.17, 15) is 9.59 Å². The Bertz CT molecular complexity index is 1320. The van der Waals surface area contributed by atoms with Gasteiger partial charge in [0.2, 0.25) is 0 Å². The van der Waals surface area contributed by atoms with Crippen LogP contribution in [-0.2, 0) is 0 Å². The van der Waals surface area contributed by atoms with E-state index in [0.29, 0.717) is 11.4 Å². The first-order valence-electron chi connectivity index (χ1n) is 9.76. The summed E-state index contributed by atoms with van der Waals surface area (Å²) in [6, 6.07) is 28.3. The van der Waals surface area contributed by atoms with Crippen molar-refractivity contribution < 1.29 is 4.79 Å². The molecule has 32 heavy (non-hydrogen) atoms. The molecule has 0 atom stereocenters. The average molecular weight is 422 g/mol. The molecule has 0 saturated carbocycles. The molecule has 0 spiro atoms. The number of carbonyl (C=O) groups excluding carboxylic acids is 1. The smallest absolute Gasteiger partial charge is 0.267 e. The number of aromatic nitrogens is 2. The zero-order chi connectivity index (χ0) is 22.2. The van der Waals surface area contributed by atoms with Crippen LogP contribution < -0.4 is 11.0 Å². The summed E-state index contributed by atoms with van der Waals surface area (Å²) in [5, 5.41) is 16.4. The summed E-state index contributed by atoms with van der Waals surface area (Å²) in [4.78, 5) is 25.5. The van der Waals surface area contributed by atoms with Crippen LogP contribution in [0.2, 0.25) is 0 Å². The summed E-state index contributed by atoms with van der Waals surface area (Å²) in [6.07, 6.45) is 1.51. The van der Waals surface area contributed by atoms with Gasteiger partial charge in [0.25, 0.3) is 11.5 Å². The van der Waals surface area contributed by atoms with Crippen LogP contribution >= 0.6 is 0 Å². The molecule has 8 heteroatoms. The highest BCUT2D eigenvalue weighted by Crippen LogP contribution is 2.20. The van der Waals surface area contributed by atoms with Gasteiger partial charge in [-0.05, 0) is 29.8 Å². The normalized spacial score (nSPS) is 11.1. The van der Waals surface area contributed by atoms with Crippen LogP contribution in [0.15, 0.2) is 117 Å². The van der Waals surface area contributed by atoms with E-state index in [4.69, 9.17) is 0 Å². The van der Waals surface area contributed by atoms with E-state index in [-0.39, 0.29) is 11.4 Å². The molecule has 1 heterocycles. The van der Waals surface area contributed by atoms with Crippen LogP contribution in [0.3, 0.4) is 0 Å². The lowest BCUT2D eigenvalue weighted by molar-refractivity contribution is 0.0949. The monoisotopic (exact) mass is 422 g/mol. The van der Waals surface area contributed by atoms with Crippen molar-refractivity contribution in [2.24, 2.45) is 15.3 Å². The van der Waals surface area contributed by atoms with Gasteiger partial charge in [-0.25, -0.2) is 5.43 Å². The third-order valence-electron chi connectivity index (χ3n) is 4.34. The minimum absolute atomic E-state index is 0.0402. The Morgan fingerprint density at radius 2 is 1.47 bits per heavy atom. The fraction of sp³-hybridized carbons (Fsp3) is 0. The van der Waals surface area contributed by atoms with Gasteiger partial charge in [0, 0.05) is 6.07 Å². The van der Waals surface area contributed by atoms with Crippen LogP contribution in [0.5, 0.6) is 0 Å². The third-order valence-corrected chi connectivity index (χ3v) is 4.34. The molecule has 0 fully saturated rings. The Morgan fingerprint density at radius 3 is 2.16 bits per heavy atom. The second-order valence-electron chi connectivity index (χ2n) is 6.61. The summed E-state index contributed by atoms with van der Waals surface area (Å²) < 4.78 is 1.14. The summed E-state index contributed by atoms with van der Waals surface area (Å²) in [5.74, 6) is -0.621. The first-order valence-corrected chi connectivity index (χ1v) is 9.76. The molecular weight excluding hydrogens is 404 g/mol. The van der Waals surface area contributed by atoms with E-state index in [0.717, 1.165) is 10.2 Å². The summed E-state index contributed by atoms with van der Waals surface area (Å²) >= 11 is 0. The summed E-state index contributed by atoms with van der Waals surface area (Å²) in [7, 11) is 0. The average Bonchev–Trinajstić information content (AvgIpc) is 2.84. The molecule has 0 radical (unpaired) electrons. The largest absolute Gasteiger partial charge is 0.294 e. The van der Waals surface area contributed by atoms with Crippen molar-refractivity contribution in [2.45, 2.75) is 0 Å². The molecule has 0 saturated heterocycles. The number of para-hydroxylation sites is 1. The van der Waals surface area contributed by atoms with E-state index >= 15 is 0 Å². The predicted molar refractivity (Wildman–Crippen MR) is 122 cm³/mol. The van der Waals surface area contributed by atoms with Crippen LogP contribution in [0, 0.1) is 0 Å². The molecule has 1 amide bonds.